The lowest BCUT2D eigenvalue weighted by atomic mass is 10.1. The van der Waals surface area contributed by atoms with Gasteiger partial charge in [0.2, 0.25) is 0 Å². The van der Waals surface area contributed by atoms with Crippen LogP contribution in [0.3, 0.4) is 0 Å². The molecule has 0 spiro atoms. The lowest BCUT2D eigenvalue weighted by molar-refractivity contribution is 0.102. The zero-order valence-corrected chi connectivity index (χ0v) is 15.8. The molecule has 0 aliphatic rings. The van der Waals surface area contributed by atoms with Crippen LogP contribution in [-0.4, -0.2) is 52.6 Å². The highest BCUT2D eigenvalue weighted by Gasteiger charge is 2.18. The molecule has 10 heteroatoms. The number of nitrogens with one attached hydrogen (secondary N) is 2. The summed E-state index contributed by atoms with van der Waals surface area (Å²) in [5.74, 6) is 0.00853. The van der Waals surface area contributed by atoms with Crippen LogP contribution >= 0.6 is 0 Å². The largest absolute Gasteiger partial charge is 0.478 e. The summed E-state index contributed by atoms with van der Waals surface area (Å²) < 4.78 is 10.2. The topological polar surface area (TPSA) is 137 Å². The van der Waals surface area contributed by atoms with Crippen LogP contribution in [0, 0.1) is 0 Å². The Kier molecular flexibility index (Phi) is 5.80. The highest BCUT2D eigenvalue weighted by Crippen LogP contribution is 2.27. The van der Waals surface area contributed by atoms with E-state index in [2.05, 4.69) is 30.6 Å². The van der Waals surface area contributed by atoms with Gasteiger partial charge >= 0.3 is 6.01 Å². The smallest absolute Gasteiger partial charge is 0.316 e. The molecule has 2 aromatic heterocycles. The molecule has 0 bridgehead atoms. The van der Waals surface area contributed by atoms with E-state index in [0.717, 1.165) is 5.69 Å². The van der Waals surface area contributed by atoms with Crippen molar-refractivity contribution in [3.63, 3.8) is 0 Å². The van der Waals surface area contributed by atoms with E-state index in [9.17, 15) is 4.79 Å². The fourth-order valence-electron chi connectivity index (χ4n) is 2.55. The van der Waals surface area contributed by atoms with Gasteiger partial charge in [0, 0.05) is 42.3 Å². The van der Waals surface area contributed by atoms with Gasteiger partial charge in [-0.3, -0.25) is 4.79 Å². The summed E-state index contributed by atoms with van der Waals surface area (Å²) in [7, 11) is 2.91. The fourth-order valence-corrected chi connectivity index (χ4v) is 2.55. The molecular formula is C18H21N7O3. The van der Waals surface area contributed by atoms with E-state index in [1.807, 2.05) is 6.92 Å². The number of benzene rings is 1. The molecule has 3 aromatic rings. The lowest BCUT2D eigenvalue weighted by Gasteiger charge is -2.14. The van der Waals surface area contributed by atoms with Gasteiger partial charge in [-0.05, 0) is 19.1 Å². The van der Waals surface area contributed by atoms with Gasteiger partial charge < -0.3 is 25.8 Å². The zero-order chi connectivity index (χ0) is 20.1. The van der Waals surface area contributed by atoms with Crippen LogP contribution < -0.4 is 25.8 Å². The Morgan fingerprint density at radius 1 is 1.18 bits per heavy atom. The average molecular weight is 383 g/mol. The Morgan fingerprint density at radius 3 is 2.68 bits per heavy atom. The van der Waals surface area contributed by atoms with Crippen LogP contribution in [0.1, 0.15) is 17.3 Å². The molecule has 1 amide bonds. The Hall–Kier alpha value is -3.53. The summed E-state index contributed by atoms with van der Waals surface area (Å²) in [6.07, 6.45) is 4.54. The minimum Gasteiger partial charge on any atom is -0.478 e. The minimum atomic E-state index is -0.414. The number of ether oxygens (including phenoxy) is 2. The second-order valence-electron chi connectivity index (χ2n) is 6.01. The van der Waals surface area contributed by atoms with Gasteiger partial charge in [0.25, 0.3) is 11.8 Å². The number of fused-ring (bicyclic) bond motifs is 1. The van der Waals surface area contributed by atoms with Crippen molar-refractivity contribution in [2.45, 2.75) is 13.0 Å². The number of nitrogens with two attached hydrogens (primary N) is 1. The van der Waals surface area contributed by atoms with Gasteiger partial charge in [0.05, 0.1) is 25.3 Å². The van der Waals surface area contributed by atoms with Crippen molar-refractivity contribution in [3.05, 3.63) is 36.3 Å². The zero-order valence-electron chi connectivity index (χ0n) is 15.8. The predicted molar refractivity (Wildman–Crippen MR) is 105 cm³/mol. The highest BCUT2D eigenvalue weighted by molar-refractivity contribution is 6.13. The Bertz CT molecular complexity index is 994. The van der Waals surface area contributed by atoms with Gasteiger partial charge in [-0.2, -0.15) is 4.98 Å². The molecule has 4 N–H and O–H groups in total. The number of hydrogen-bond donors (Lipinski definition) is 3. The molecule has 0 unspecified atom stereocenters. The minimum absolute atomic E-state index is 0.0405. The van der Waals surface area contributed by atoms with E-state index in [4.69, 9.17) is 15.2 Å². The van der Waals surface area contributed by atoms with E-state index in [-0.39, 0.29) is 23.8 Å². The third kappa shape index (κ3) is 4.07. The van der Waals surface area contributed by atoms with Crippen molar-refractivity contribution in [1.82, 2.24) is 19.9 Å². The van der Waals surface area contributed by atoms with Crippen LogP contribution in [0.4, 0.5) is 11.5 Å². The predicted octanol–water partition coefficient (Wildman–Crippen LogP) is 1.45. The van der Waals surface area contributed by atoms with Gasteiger partial charge in [-0.1, -0.05) is 0 Å². The SMILES string of the molecule is COc1ncc2c(NC[C@@H](C)N)ccc(C(=O)Nc3nccnc3OC)c2n1. The van der Waals surface area contributed by atoms with Crippen LogP contribution in [-0.2, 0) is 0 Å². The molecule has 0 aliphatic carbocycles. The van der Waals surface area contributed by atoms with Crippen LogP contribution in [0.5, 0.6) is 11.9 Å². The standard InChI is InChI=1S/C18H21N7O3/c1-10(19)8-22-13-5-4-11(14-12(13)9-23-18(24-14)28-3)16(26)25-15-17(27-2)21-7-6-20-15/h4-7,9-10,22H,8,19H2,1-3H3,(H,20,25,26)/t10-/m1/s1. The van der Waals surface area contributed by atoms with E-state index in [0.29, 0.717) is 23.0 Å². The number of nitrogens with zero attached hydrogens (tertiary/aromatic N) is 4. The first-order valence-corrected chi connectivity index (χ1v) is 8.53. The first kappa shape index (κ1) is 19.2. The first-order chi connectivity index (χ1) is 13.5. The Labute approximate surface area is 161 Å². The number of carbonyl (C=O) groups excluding carboxylic acids is 1. The molecule has 10 nitrogen and oxygen atoms in total. The monoisotopic (exact) mass is 383 g/mol. The van der Waals surface area contributed by atoms with Crippen molar-refractivity contribution in [2.75, 3.05) is 31.4 Å². The van der Waals surface area contributed by atoms with Gasteiger partial charge in [-0.15, -0.1) is 0 Å². The molecular weight excluding hydrogens is 362 g/mol. The van der Waals surface area contributed by atoms with Gasteiger partial charge in [0.1, 0.15) is 0 Å². The second-order valence-corrected chi connectivity index (χ2v) is 6.01. The molecule has 1 aromatic carbocycles. The molecule has 146 valence electrons. The number of amides is 1. The van der Waals surface area contributed by atoms with Crippen molar-refractivity contribution in [3.8, 4) is 11.9 Å². The number of carbonyl (C=O) groups is 1. The average Bonchev–Trinajstić information content (AvgIpc) is 2.71. The van der Waals surface area contributed by atoms with Crippen LogP contribution in [0.25, 0.3) is 10.9 Å². The number of rotatable bonds is 7. The lowest BCUT2D eigenvalue weighted by Crippen LogP contribution is -2.25. The number of methoxy groups -OCH3 is 2. The third-order valence-corrected chi connectivity index (χ3v) is 3.86. The summed E-state index contributed by atoms with van der Waals surface area (Å²) in [6, 6.07) is 3.56. The Morgan fingerprint density at radius 2 is 1.96 bits per heavy atom. The Balaban J connectivity index is 2.02. The second kappa shape index (κ2) is 8.44. The number of aromatic nitrogens is 4. The van der Waals surface area contributed by atoms with Crippen LogP contribution in [0.15, 0.2) is 30.7 Å². The molecule has 28 heavy (non-hydrogen) atoms. The van der Waals surface area contributed by atoms with Gasteiger partial charge in [0.15, 0.2) is 5.82 Å². The molecule has 2 heterocycles. The molecule has 0 fully saturated rings. The summed E-state index contributed by atoms with van der Waals surface area (Å²) in [5.41, 5.74) is 7.35. The summed E-state index contributed by atoms with van der Waals surface area (Å²) >= 11 is 0. The number of hydrogen-bond acceptors (Lipinski definition) is 9. The van der Waals surface area contributed by atoms with Crippen molar-refractivity contribution < 1.29 is 14.3 Å². The molecule has 3 rings (SSSR count). The summed E-state index contributed by atoms with van der Waals surface area (Å²) in [4.78, 5) is 29.5. The summed E-state index contributed by atoms with van der Waals surface area (Å²) in [5, 5.41) is 6.60. The van der Waals surface area contributed by atoms with Crippen molar-refractivity contribution in [1.29, 1.82) is 0 Å². The maximum atomic E-state index is 12.9. The normalized spacial score (nSPS) is 11.7. The highest BCUT2D eigenvalue weighted by atomic mass is 16.5. The third-order valence-electron chi connectivity index (χ3n) is 3.86. The first-order valence-electron chi connectivity index (χ1n) is 8.53. The maximum absolute atomic E-state index is 12.9. The molecule has 0 radical (unpaired) electrons. The van der Waals surface area contributed by atoms with Crippen molar-refractivity contribution in [2.24, 2.45) is 5.73 Å². The van der Waals surface area contributed by atoms with Crippen LogP contribution in [0.2, 0.25) is 0 Å². The van der Waals surface area contributed by atoms with E-state index in [1.165, 1.54) is 26.6 Å². The molecule has 1 atom stereocenters. The quantitative estimate of drug-likeness (QED) is 0.553. The maximum Gasteiger partial charge on any atom is 0.316 e. The summed E-state index contributed by atoms with van der Waals surface area (Å²) in [6.45, 7) is 2.45. The molecule has 0 aliphatic heterocycles. The van der Waals surface area contributed by atoms with Crippen molar-refractivity contribution >= 4 is 28.3 Å². The molecule has 0 saturated heterocycles. The molecule has 0 saturated carbocycles. The van der Waals surface area contributed by atoms with E-state index < -0.39 is 5.91 Å². The fraction of sp³-hybridized carbons (Fsp3) is 0.278. The van der Waals surface area contributed by atoms with E-state index >= 15 is 0 Å². The number of anilines is 2. The van der Waals surface area contributed by atoms with E-state index in [1.54, 1.807) is 18.3 Å². The van der Waals surface area contributed by atoms with Gasteiger partial charge in [-0.25, -0.2) is 15.0 Å².